The lowest BCUT2D eigenvalue weighted by molar-refractivity contribution is -0.141. The fraction of sp³-hybridized carbons (Fsp3) is 0.176. The quantitative estimate of drug-likeness (QED) is 0.853. The molecule has 0 aromatic heterocycles. The van der Waals surface area contributed by atoms with Crippen molar-refractivity contribution in [2.45, 2.75) is 16.1 Å². The van der Waals surface area contributed by atoms with Gasteiger partial charge in [0, 0.05) is 16.0 Å². The van der Waals surface area contributed by atoms with Gasteiger partial charge in [0.25, 0.3) is 0 Å². The minimum Gasteiger partial charge on any atom is -0.480 e. The molecule has 8 heteroatoms. The van der Waals surface area contributed by atoms with E-state index in [1.165, 1.54) is 30.3 Å². The van der Waals surface area contributed by atoms with Crippen LogP contribution in [-0.4, -0.2) is 24.7 Å². The summed E-state index contributed by atoms with van der Waals surface area (Å²) in [5.74, 6) is -2.48. The second-order valence-corrected chi connectivity index (χ2v) is 8.68. The number of benzene rings is 2. The van der Waals surface area contributed by atoms with E-state index in [-0.39, 0.29) is 4.90 Å². The summed E-state index contributed by atoms with van der Waals surface area (Å²) in [4.78, 5) is 11.7. The Morgan fingerprint density at radius 2 is 1.76 bits per heavy atom. The van der Waals surface area contributed by atoms with Gasteiger partial charge in [-0.05, 0) is 42.0 Å². The average molecular weight is 396 g/mol. The molecule has 0 saturated heterocycles. The van der Waals surface area contributed by atoms with Gasteiger partial charge in [0.05, 0.1) is 11.0 Å². The van der Waals surface area contributed by atoms with Gasteiger partial charge in [0.1, 0.15) is 5.25 Å². The Labute approximate surface area is 154 Å². The SMILES string of the molecule is N#C[C@]1(C(=O)O)[C@@H](c2cccc(Cl)c2)[C@@H]1S(=O)(=O)c1ccc(Cl)cc1. The number of sulfone groups is 1. The lowest BCUT2D eigenvalue weighted by Crippen LogP contribution is -2.22. The molecule has 1 saturated carbocycles. The second kappa shape index (κ2) is 6.03. The van der Waals surface area contributed by atoms with Gasteiger partial charge in [0.2, 0.25) is 0 Å². The number of aliphatic carboxylic acids is 1. The van der Waals surface area contributed by atoms with Gasteiger partial charge in [0.15, 0.2) is 15.3 Å². The van der Waals surface area contributed by atoms with E-state index in [4.69, 9.17) is 23.2 Å². The standard InChI is InChI=1S/C17H11Cl2NO4S/c18-11-4-6-13(7-5-11)25(23,24)15-14(17(15,9-20)16(21)22)10-2-1-3-12(19)8-10/h1-8,14-15H,(H,21,22)/t14-,15-,17-/m0/s1. The van der Waals surface area contributed by atoms with Crippen LogP contribution in [0.25, 0.3) is 0 Å². The lowest BCUT2D eigenvalue weighted by atomic mass is 10.0. The van der Waals surface area contributed by atoms with Crippen molar-refractivity contribution in [2.75, 3.05) is 0 Å². The Morgan fingerprint density at radius 3 is 2.28 bits per heavy atom. The molecular formula is C17H11Cl2NO4S. The van der Waals surface area contributed by atoms with Crippen molar-refractivity contribution < 1.29 is 18.3 Å². The zero-order valence-electron chi connectivity index (χ0n) is 12.6. The van der Waals surface area contributed by atoms with E-state index in [2.05, 4.69) is 0 Å². The highest BCUT2D eigenvalue weighted by molar-refractivity contribution is 7.92. The third kappa shape index (κ3) is 2.69. The van der Waals surface area contributed by atoms with E-state index in [0.29, 0.717) is 15.6 Å². The highest BCUT2D eigenvalue weighted by Gasteiger charge is 2.77. The fourth-order valence-corrected chi connectivity index (χ4v) is 5.70. The van der Waals surface area contributed by atoms with Gasteiger partial charge >= 0.3 is 5.97 Å². The highest BCUT2D eigenvalue weighted by Crippen LogP contribution is 2.64. The summed E-state index contributed by atoms with van der Waals surface area (Å²) in [5.41, 5.74) is -1.65. The molecule has 1 fully saturated rings. The second-order valence-electron chi connectivity index (χ2n) is 5.74. The number of rotatable bonds is 4. The predicted molar refractivity (Wildman–Crippen MR) is 92.3 cm³/mol. The first-order chi connectivity index (χ1) is 11.7. The Bertz CT molecular complexity index is 998. The van der Waals surface area contributed by atoms with Crippen molar-refractivity contribution in [3.05, 3.63) is 64.1 Å². The average Bonchev–Trinajstić information content (AvgIpc) is 3.27. The van der Waals surface area contributed by atoms with Crippen molar-refractivity contribution in [2.24, 2.45) is 5.41 Å². The summed E-state index contributed by atoms with van der Waals surface area (Å²) in [6, 6.07) is 13.4. The molecule has 0 bridgehead atoms. The van der Waals surface area contributed by atoms with Crippen molar-refractivity contribution in [3.8, 4) is 6.07 Å². The third-order valence-electron chi connectivity index (χ3n) is 4.36. The molecule has 1 N–H and O–H groups in total. The monoisotopic (exact) mass is 395 g/mol. The number of nitrogens with zero attached hydrogens (tertiary/aromatic N) is 1. The molecular weight excluding hydrogens is 385 g/mol. The van der Waals surface area contributed by atoms with Gasteiger partial charge < -0.3 is 5.11 Å². The molecule has 3 atom stereocenters. The summed E-state index contributed by atoms with van der Waals surface area (Å²) in [6.45, 7) is 0. The van der Waals surface area contributed by atoms with E-state index in [0.717, 1.165) is 0 Å². The number of carboxylic acids is 1. The Kier molecular flexibility index (Phi) is 4.28. The van der Waals surface area contributed by atoms with Crippen molar-refractivity contribution >= 4 is 39.0 Å². The summed E-state index contributed by atoms with van der Waals surface area (Å²) < 4.78 is 25.9. The van der Waals surface area contributed by atoms with Crippen LogP contribution >= 0.6 is 23.2 Å². The van der Waals surface area contributed by atoms with Crippen LogP contribution in [0.5, 0.6) is 0 Å². The first-order valence-corrected chi connectivity index (χ1v) is 9.45. The molecule has 5 nitrogen and oxygen atoms in total. The minimum atomic E-state index is -4.06. The zero-order valence-corrected chi connectivity index (χ0v) is 14.9. The maximum absolute atomic E-state index is 13.0. The van der Waals surface area contributed by atoms with Crippen LogP contribution in [0.1, 0.15) is 11.5 Å². The van der Waals surface area contributed by atoms with Crippen molar-refractivity contribution in [1.29, 1.82) is 5.26 Å². The molecule has 2 aromatic rings. The molecule has 0 heterocycles. The number of hydrogen-bond donors (Lipinski definition) is 1. The summed E-state index contributed by atoms with van der Waals surface area (Å²) in [6.07, 6.45) is 0. The first-order valence-electron chi connectivity index (χ1n) is 7.14. The maximum Gasteiger partial charge on any atom is 0.326 e. The Morgan fingerprint density at radius 1 is 1.12 bits per heavy atom. The van der Waals surface area contributed by atoms with E-state index in [1.807, 2.05) is 0 Å². The van der Waals surface area contributed by atoms with Crippen molar-refractivity contribution in [3.63, 3.8) is 0 Å². The van der Waals surface area contributed by atoms with Crippen LogP contribution in [-0.2, 0) is 14.6 Å². The topological polar surface area (TPSA) is 95.2 Å². The molecule has 0 unspecified atom stereocenters. The van der Waals surface area contributed by atoms with E-state index >= 15 is 0 Å². The summed E-state index contributed by atoms with van der Waals surface area (Å²) >= 11 is 11.7. The molecule has 1 aliphatic carbocycles. The summed E-state index contributed by atoms with van der Waals surface area (Å²) in [5, 5.41) is 18.4. The molecule has 0 amide bonds. The van der Waals surface area contributed by atoms with E-state index in [1.54, 1.807) is 24.3 Å². The third-order valence-corrected chi connectivity index (χ3v) is 7.08. The van der Waals surface area contributed by atoms with Crippen LogP contribution < -0.4 is 0 Å². The number of carboxylic acid groups (broad SMARTS) is 1. The van der Waals surface area contributed by atoms with Gasteiger partial charge in [-0.1, -0.05) is 35.3 Å². The molecule has 128 valence electrons. The molecule has 0 spiro atoms. The number of nitriles is 1. The zero-order chi connectivity index (χ0) is 18.4. The molecule has 0 radical (unpaired) electrons. The number of carbonyl (C=O) groups is 1. The number of halogens is 2. The van der Waals surface area contributed by atoms with Gasteiger partial charge in [-0.2, -0.15) is 5.26 Å². The normalized spacial score (nSPS) is 25.2. The predicted octanol–water partition coefficient (Wildman–Crippen LogP) is 3.53. The fourth-order valence-electron chi connectivity index (χ4n) is 3.12. The minimum absolute atomic E-state index is 0.0766. The molecule has 0 aliphatic heterocycles. The molecule has 2 aromatic carbocycles. The maximum atomic E-state index is 13.0. The van der Waals surface area contributed by atoms with E-state index < -0.39 is 32.4 Å². The largest absolute Gasteiger partial charge is 0.480 e. The van der Waals surface area contributed by atoms with Crippen LogP contribution in [0.4, 0.5) is 0 Å². The number of hydrogen-bond acceptors (Lipinski definition) is 4. The Balaban J connectivity index is 2.14. The van der Waals surface area contributed by atoms with Crippen molar-refractivity contribution in [1.82, 2.24) is 0 Å². The smallest absolute Gasteiger partial charge is 0.326 e. The van der Waals surface area contributed by atoms with Crippen LogP contribution in [0.3, 0.4) is 0 Å². The molecule has 1 aliphatic rings. The van der Waals surface area contributed by atoms with E-state index in [9.17, 15) is 23.6 Å². The Hall–Kier alpha value is -2.07. The first kappa shape index (κ1) is 17.7. The van der Waals surface area contributed by atoms with Crippen LogP contribution in [0.15, 0.2) is 53.4 Å². The van der Waals surface area contributed by atoms with Gasteiger partial charge in [-0.3, -0.25) is 4.79 Å². The summed E-state index contributed by atoms with van der Waals surface area (Å²) in [7, 11) is -4.06. The lowest BCUT2D eigenvalue weighted by Gasteiger charge is -2.05. The van der Waals surface area contributed by atoms with Gasteiger partial charge in [-0.15, -0.1) is 0 Å². The van der Waals surface area contributed by atoms with Gasteiger partial charge in [-0.25, -0.2) is 8.42 Å². The molecule has 3 rings (SSSR count). The van der Waals surface area contributed by atoms with Crippen LogP contribution in [0, 0.1) is 16.7 Å². The molecule has 25 heavy (non-hydrogen) atoms. The van der Waals surface area contributed by atoms with Crippen LogP contribution in [0.2, 0.25) is 10.0 Å². The highest BCUT2D eigenvalue weighted by atomic mass is 35.5.